The predicted octanol–water partition coefficient (Wildman–Crippen LogP) is 2.50. The minimum Gasteiger partial charge on any atom is -0.462 e. The van der Waals surface area contributed by atoms with Crippen LogP contribution in [-0.2, 0) is 11.3 Å². The third kappa shape index (κ3) is 2.98. The zero-order valence-corrected chi connectivity index (χ0v) is 13.8. The molecule has 0 radical (unpaired) electrons. The highest BCUT2D eigenvalue weighted by Gasteiger charge is 2.25. The summed E-state index contributed by atoms with van der Waals surface area (Å²) in [6.45, 7) is 2.52. The average Bonchev–Trinajstić information content (AvgIpc) is 3.22. The molecule has 3 heterocycles. The predicted molar refractivity (Wildman–Crippen MR) is 89.2 cm³/mol. The van der Waals surface area contributed by atoms with Crippen LogP contribution < -0.4 is 0 Å². The maximum atomic E-state index is 11.7. The molecule has 4 rings (SSSR count). The highest BCUT2D eigenvalue weighted by molar-refractivity contribution is 5.88. The highest BCUT2D eigenvalue weighted by Crippen LogP contribution is 2.40. The SMILES string of the molecule is CCOC(=O)c1cnn(Cc2cn3cc(C4CC4)cc(C#N)c3n2)c1. The summed E-state index contributed by atoms with van der Waals surface area (Å²) in [6, 6.07) is 4.18. The van der Waals surface area contributed by atoms with E-state index < -0.39 is 0 Å². The van der Waals surface area contributed by atoms with Gasteiger partial charge in [0.15, 0.2) is 5.65 Å². The van der Waals surface area contributed by atoms with E-state index in [1.165, 1.54) is 24.6 Å². The Labute approximate surface area is 144 Å². The van der Waals surface area contributed by atoms with Gasteiger partial charge in [0.1, 0.15) is 6.07 Å². The highest BCUT2D eigenvalue weighted by atomic mass is 16.5. The molecule has 0 atom stereocenters. The molecule has 0 saturated heterocycles. The number of nitriles is 1. The van der Waals surface area contributed by atoms with Crippen LogP contribution in [0.2, 0.25) is 0 Å². The molecule has 1 aliphatic rings. The van der Waals surface area contributed by atoms with E-state index in [-0.39, 0.29) is 5.97 Å². The van der Waals surface area contributed by atoms with Crippen molar-refractivity contribution in [2.24, 2.45) is 0 Å². The van der Waals surface area contributed by atoms with Crippen molar-refractivity contribution in [2.45, 2.75) is 32.2 Å². The maximum absolute atomic E-state index is 11.7. The molecule has 0 spiro atoms. The van der Waals surface area contributed by atoms with Crippen LogP contribution in [0.25, 0.3) is 5.65 Å². The molecule has 3 aromatic heterocycles. The van der Waals surface area contributed by atoms with Crippen molar-refractivity contribution in [3.05, 3.63) is 53.2 Å². The molecule has 0 unspecified atom stereocenters. The fourth-order valence-electron chi connectivity index (χ4n) is 2.91. The van der Waals surface area contributed by atoms with Crippen molar-refractivity contribution in [2.75, 3.05) is 6.61 Å². The number of hydrogen-bond acceptors (Lipinski definition) is 5. The lowest BCUT2D eigenvalue weighted by molar-refractivity contribution is 0.0526. The van der Waals surface area contributed by atoms with Gasteiger partial charge in [0.05, 0.1) is 36.2 Å². The van der Waals surface area contributed by atoms with Gasteiger partial charge in [0.2, 0.25) is 0 Å². The Morgan fingerprint density at radius 2 is 2.24 bits per heavy atom. The first-order chi connectivity index (χ1) is 12.2. The molecule has 0 bridgehead atoms. The van der Waals surface area contributed by atoms with Crippen molar-refractivity contribution in [3.8, 4) is 6.07 Å². The minimum atomic E-state index is -0.385. The van der Waals surface area contributed by atoms with Gasteiger partial charge in [-0.05, 0) is 37.3 Å². The van der Waals surface area contributed by atoms with E-state index in [1.54, 1.807) is 17.8 Å². The van der Waals surface area contributed by atoms with Crippen LogP contribution in [0.5, 0.6) is 0 Å². The molecule has 3 aromatic rings. The van der Waals surface area contributed by atoms with Crippen LogP contribution in [0.1, 0.15) is 52.9 Å². The van der Waals surface area contributed by atoms with Crippen LogP contribution in [0.3, 0.4) is 0 Å². The number of carbonyl (C=O) groups is 1. The normalized spacial score (nSPS) is 13.8. The Kier molecular flexibility index (Phi) is 3.73. The Morgan fingerprint density at radius 1 is 1.40 bits per heavy atom. The summed E-state index contributed by atoms with van der Waals surface area (Å²) in [4.78, 5) is 16.3. The standard InChI is InChI=1S/C18H17N5O2/c1-2-25-18(24)15-7-20-23(9-15)11-16-10-22-8-14(12-3-4-12)5-13(6-19)17(22)21-16/h5,7-10,12H,2-4,11H2,1H3. The third-order valence-electron chi connectivity index (χ3n) is 4.26. The number of nitrogens with zero attached hydrogens (tertiary/aromatic N) is 5. The quantitative estimate of drug-likeness (QED) is 0.669. The molecule has 0 aromatic carbocycles. The Bertz CT molecular complexity index is 991. The summed E-state index contributed by atoms with van der Waals surface area (Å²) in [7, 11) is 0. The molecule has 1 fully saturated rings. The van der Waals surface area contributed by atoms with Gasteiger partial charge in [0.25, 0.3) is 0 Å². The molecule has 0 amide bonds. The fourth-order valence-corrected chi connectivity index (χ4v) is 2.91. The summed E-state index contributed by atoms with van der Waals surface area (Å²) in [5, 5.41) is 13.6. The molecule has 0 N–H and O–H groups in total. The number of ether oxygens (including phenoxy) is 1. The molecule has 1 aliphatic carbocycles. The lowest BCUT2D eigenvalue weighted by Crippen LogP contribution is -2.04. The Hall–Kier alpha value is -3.14. The number of esters is 1. The van der Waals surface area contributed by atoms with E-state index in [0.29, 0.717) is 35.8 Å². The summed E-state index contributed by atoms with van der Waals surface area (Å²) >= 11 is 0. The second-order valence-electron chi connectivity index (χ2n) is 6.18. The number of carbonyl (C=O) groups excluding carboxylic acids is 1. The lowest BCUT2D eigenvalue weighted by Gasteiger charge is -2.01. The van der Waals surface area contributed by atoms with Crippen molar-refractivity contribution in [1.82, 2.24) is 19.2 Å². The van der Waals surface area contributed by atoms with E-state index >= 15 is 0 Å². The Balaban J connectivity index is 1.62. The summed E-state index contributed by atoms with van der Waals surface area (Å²) < 4.78 is 8.52. The second kappa shape index (κ2) is 6.06. The van der Waals surface area contributed by atoms with E-state index in [9.17, 15) is 10.1 Å². The smallest absolute Gasteiger partial charge is 0.341 e. The molecule has 7 nitrogen and oxygen atoms in total. The number of hydrogen-bond donors (Lipinski definition) is 0. The van der Waals surface area contributed by atoms with Gasteiger partial charge in [-0.2, -0.15) is 10.4 Å². The summed E-state index contributed by atoms with van der Waals surface area (Å²) in [5.74, 6) is 0.185. The topological polar surface area (TPSA) is 85.2 Å². The van der Waals surface area contributed by atoms with Gasteiger partial charge in [-0.1, -0.05) is 0 Å². The molecule has 126 valence electrons. The number of rotatable bonds is 5. The lowest BCUT2D eigenvalue weighted by atomic mass is 10.1. The van der Waals surface area contributed by atoms with E-state index in [2.05, 4.69) is 22.3 Å². The number of pyridine rings is 1. The van der Waals surface area contributed by atoms with Crippen LogP contribution in [0, 0.1) is 11.3 Å². The van der Waals surface area contributed by atoms with Gasteiger partial charge in [-0.3, -0.25) is 4.68 Å². The fraction of sp³-hybridized carbons (Fsp3) is 0.333. The molecule has 1 saturated carbocycles. The van der Waals surface area contributed by atoms with Crippen molar-refractivity contribution >= 4 is 11.6 Å². The molecular weight excluding hydrogens is 318 g/mol. The van der Waals surface area contributed by atoms with Crippen LogP contribution in [0.15, 0.2) is 30.9 Å². The van der Waals surface area contributed by atoms with Crippen molar-refractivity contribution in [1.29, 1.82) is 5.26 Å². The van der Waals surface area contributed by atoms with E-state index in [1.807, 2.05) is 16.7 Å². The summed E-state index contributed by atoms with van der Waals surface area (Å²) in [6.07, 6.45) is 9.46. The number of aromatic nitrogens is 4. The zero-order chi connectivity index (χ0) is 17.4. The molecule has 7 heteroatoms. The van der Waals surface area contributed by atoms with Crippen LogP contribution >= 0.6 is 0 Å². The number of imidazole rings is 1. The van der Waals surface area contributed by atoms with Crippen molar-refractivity contribution in [3.63, 3.8) is 0 Å². The van der Waals surface area contributed by atoms with Crippen LogP contribution in [-0.4, -0.2) is 31.7 Å². The Morgan fingerprint density at radius 3 is 2.96 bits per heavy atom. The largest absolute Gasteiger partial charge is 0.462 e. The molecular formula is C18H17N5O2. The van der Waals surface area contributed by atoms with Gasteiger partial charge in [-0.25, -0.2) is 9.78 Å². The summed E-state index contributed by atoms with van der Waals surface area (Å²) in [5.41, 5.74) is 3.63. The number of fused-ring (bicyclic) bond motifs is 1. The van der Waals surface area contributed by atoms with Crippen molar-refractivity contribution < 1.29 is 9.53 Å². The first-order valence-electron chi connectivity index (χ1n) is 8.29. The first kappa shape index (κ1) is 15.4. The zero-order valence-electron chi connectivity index (χ0n) is 13.8. The van der Waals surface area contributed by atoms with Gasteiger partial charge in [0, 0.05) is 18.6 Å². The third-order valence-corrected chi connectivity index (χ3v) is 4.26. The van der Waals surface area contributed by atoms with Gasteiger partial charge >= 0.3 is 5.97 Å². The van der Waals surface area contributed by atoms with Gasteiger partial charge < -0.3 is 9.14 Å². The molecule has 0 aliphatic heterocycles. The first-order valence-corrected chi connectivity index (χ1v) is 8.29. The monoisotopic (exact) mass is 335 g/mol. The minimum absolute atomic E-state index is 0.330. The van der Waals surface area contributed by atoms with E-state index in [4.69, 9.17) is 4.74 Å². The molecule has 25 heavy (non-hydrogen) atoms. The maximum Gasteiger partial charge on any atom is 0.341 e. The van der Waals surface area contributed by atoms with Crippen LogP contribution in [0.4, 0.5) is 0 Å². The second-order valence-corrected chi connectivity index (χ2v) is 6.18. The average molecular weight is 335 g/mol. The van der Waals surface area contributed by atoms with E-state index in [0.717, 1.165) is 5.69 Å². The van der Waals surface area contributed by atoms with Gasteiger partial charge in [-0.15, -0.1) is 0 Å².